The highest BCUT2D eigenvalue weighted by molar-refractivity contribution is 4.97. The molecule has 0 radical (unpaired) electrons. The van der Waals surface area contributed by atoms with Crippen molar-refractivity contribution in [2.24, 2.45) is 17.6 Å². The fraction of sp³-hybridized carbons (Fsp3) is 1.00. The Morgan fingerprint density at radius 1 is 1.19 bits per heavy atom. The predicted molar refractivity (Wildman–Crippen MR) is 69.4 cm³/mol. The molecule has 0 aromatic heterocycles. The van der Waals surface area contributed by atoms with Gasteiger partial charge in [0.1, 0.15) is 0 Å². The number of nitrogens with two attached hydrogens (primary N) is 1. The molecular formula is C14H28N2. The zero-order chi connectivity index (χ0) is 11.6. The first-order valence-corrected chi connectivity index (χ1v) is 7.13. The van der Waals surface area contributed by atoms with E-state index < -0.39 is 0 Å². The molecule has 0 aromatic rings. The van der Waals surface area contributed by atoms with Crippen LogP contribution in [0.4, 0.5) is 0 Å². The van der Waals surface area contributed by atoms with Crippen molar-refractivity contribution in [2.45, 2.75) is 57.9 Å². The minimum Gasteiger partial charge on any atom is -0.324 e. The van der Waals surface area contributed by atoms with Crippen LogP contribution in [0.3, 0.4) is 0 Å². The smallest absolute Gasteiger partial charge is 0.0283 e. The van der Waals surface area contributed by atoms with Crippen molar-refractivity contribution in [3.63, 3.8) is 0 Å². The number of hydrogen-bond acceptors (Lipinski definition) is 2. The van der Waals surface area contributed by atoms with Gasteiger partial charge >= 0.3 is 0 Å². The molecule has 2 N–H and O–H groups in total. The van der Waals surface area contributed by atoms with Gasteiger partial charge in [0.25, 0.3) is 0 Å². The lowest BCUT2D eigenvalue weighted by Gasteiger charge is -2.32. The maximum Gasteiger partial charge on any atom is 0.0283 e. The van der Waals surface area contributed by atoms with E-state index in [4.69, 9.17) is 5.73 Å². The molecule has 0 spiro atoms. The molecule has 0 bridgehead atoms. The molecule has 2 aliphatic rings. The van der Waals surface area contributed by atoms with Crippen LogP contribution >= 0.6 is 0 Å². The molecule has 16 heavy (non-hydrogen) atoms. The first-order chi connectivity index (χ1) is 7.62. The normalized spacial score (nSPS) is 32.1. The molecule has 0 aromatic carbocycles. The van der Waals surface area contributed by atoms with E-state index >= 15 is 0 Å². The molecule has 1 aliphatic carbocycles. The highest BCUT2D eigenvalue weighted by Gasteiger charge is 2.39. The number of rotatable bonds is 4. The molecule has 1 saturated heterocycles. The standard InChI is InChI=1S/C14H28N2/c1-3-12-5-4-9-16(10-8-12)11-14(2,15)13-6-7-13/h12-13H,3-11,15H2,1-2H3. The summed E-state index contributed by atoms with van der Waals surface area (Å²) in [4.78, 5) is 2.62. The van der Waals surface area contributed by atoms with Crippen molar-refractivity contribution in [3.8, 4) is 0 Å². The van der Waals surface area contributed by atoms with Gasteiger partial charge in [-0.3, -0.25) is 0 Å². The van der Waals surface area contributed by atoms with Crippen molar-refractivity contribution < 1.29 is 0 Å². The van der Waals surface area contributed by atoms with Gasteiger partial charge in [-0.2, -0.15) is 0 Å². The SMILES string of the molecule is CCC1CCCN(CC(C)(N)C2CC2)CC1. The third-order valence-corrected chi connectivity index (χ3v) is 4.59. The highest BCUT2D eigenvalue weighted by atomic mass is 15.1. The van der Waals surface area contributed by atoms with Gasteiger partial charge in [0, 0.05) is 12.1 Å². The lowest BCUT2D eigenvalue weighted by molar-refractivity contribution is 0.206. The van der Waals surface area contributed by atoms with Crippen LogP contribution in [0.5, 0.6) is 0 Å². The maximum atomic E-state index is 6.43. The van der Waals surface area contributed by atoms with Crippen LogP contribution in [-0.2, 0) is 0 Å². The first kappa shape index (κ1) is 12.4. The van der Waals surface area contributed by atoms with Crippen LogP contribution in [0.15, 0.2) is 0 Å². The molecule has 2 atom stereocenters. The van der Waals surface area contributed by atoms with Gasteiger partial charge < -0.3 is 10.6 Å². The van der Waals surface area contributed by atoms with Crippen LogP contribution in [0.2, 0.25) is 0 Å². The van der Waals surface area contributed by atoms with Crippen LogP contribution < -0.4 is 5.73 Å². The van der Waals surface area contributed by atoms with Gasteiger partial charge in [0.15, 0.2) is 0 Å². The molecule has 1 saturated carbocycles. The maximum absolute atomic E-state index is 6.43. The van der Waals surface area contributed by atoms with E-state index in [2.05, 4.69) is 18.7 Å². The van der Waals surface area contributed by atoms with E-state index in [1.54, 1.807) is 0 Å². The van der Waals surface area contributed by atoms with Crippen LogP contribution in [0.25, 0.3) is 0 Å². The van der Waals surface area contributed by atoms with Crippen LogP contribution in [-0.4, -0.2) is 30.1 Å². The predicted octanol–water partition coefficient (Wildman–Crippen LogP) is 2.63. The summed E-state index contributed by atoms with van der Waals surface area (Å²) in [6.07, 6.45) is 8.27. The van der Waals surface area contributed by atoms with E-state index in [-0.39, 0.29) is 5.54 Å². The van der Waals surface area contributed by atoms with E-state index in [0.717, 1.165) is 18.4 Å². The Morgan fingerprint density at radius 3 is 2.56 bits per heavy atom. The zero-order valence-corrected chi connectivity index (χ0v) is 11.0. The van der Waals surface area contributed by atoms with Crippen molar-refractivity contribution >= 4 is 0 Å². The highest BCUT2D eigenvalue weighted by Crippen LogP contribution is 2.38. The summed E-state index contributed by atoms with van der Waals surface area (Å²) in [7, 11) is 0. The lowest BCUT2D eigenvalue weighted by atomic mass is 9.96. The van der Waals surface area contributed by atoms with E-state index in [1.165, 1.54) is 51.6 Å². The van der Waals surface area contributed by atoms with Gasteiger partial charge in [-0.15, -0.1) is 0 Å². The minimum absolute atomic E-state index is 0.0754. The quantitative estimate of drug-likeness (QED) is 0.795. The third-order valence-electron chi connectivity index (χ3n) is 4.59. The molecule has 0 amide bonds. The molecule has 2 nitrogen and oxygen atoms in total. The fourth-order valence-corrected chi connectivity index (χ4v) is 3.14. The summed E-state index contributed by atoms with van der Waals surface area (Å²) in [5, 5.41) is 0. The summed E-state index contributed by atoms with van der Waals surface area (Å²) < 4.78 is 0. The van der Waals surface area contributed by atoms with Gasteiger partial charge in [-0.05, 0) is 64.0 Å². The van der Waals surface area contributed by atoms with Crippen molar-refractivity contribution in [2.75, 3.05) is 19.6 Å². The Balaban J connectivity index is 1.81. The fourth-order valence-electron chi connectivity index (χ4n) is 3.14. The summed E-state index contributed by atoms with van der Waals surface area (Å²) in [5.74, 6) is 1.77. The molecular weight excluding hydrogens is 196 g/mol. The van der Waals surface area contributed by atoms with E-state index in [0.29, 0.717) is 0 Å². The van der Waals surface area contributed by atoms with Crippen LogP contribution in [0.1, 0.15) is 52.4 Å². The first-order valence-electron chi connectivity index (χ1n) is 7.13. The monoisotopic (exact) mass is 224 g/mol. The Bertz CT molecular complexity index is 221. The average molecular weight is 224 g/mol. The van der Waals surface area contributed by atoms with Crippen LogP contribution in [0, 0.1) is 11.8 Å². The Kier molecular flexibility index (Phi) is 3.91. The van der Waals surface area contributed by atoms with E-state index in [1.807, 2.05) is 0 Å². The van der Waals surface area contributed by atoms with Gasteiger partial charge in [0.2, 0.25) is 0 Å². The molecule has 2 rings (SSSR count). The molecule has 1 heterocycles. The molecule has 2 unspecified atom stereocenters. The average Bonchev–Trinajstić information content (AvgIpc) is 3.04. The molecule has 2 fully saturated rings. The summed E-state index contributed by atoms with van der Waals surface area (Å²) in [6.45, 7) is 8.26. The number of likely N-dealkylation sites (tertiary alicyclic amines) is 1. The van der Waals surface area contributed by atoms with Gasteiger partial charge in [-0.1, -0.05) is 13.3 Å². The molecule has 1 aliphatic heterocycles. The number of hydrogen-bond donors (Lipinski definition) is 1. The largest absolute Gasteiger partial charge is 0.324 e. The van der Waals surface area contributed by atoms with Gasteiger partial charge in [-0.25, -0.2) is 0 Å². The second kappa shape index (κ2) is 5.05. The third kappa shape index (κ3) is 3.21. The second-order valence-corrected chi connectivity index (χ2v) is 6.26. The Hall–Kier alpha value is -0.0800. The minimum atomic E-state index is 0.0754. The van der Waals surface area contributed by atoms with Crippen molar-refractivity contribution in [3.05, 3.63) is 0 Å². The second-order valence-electron chi connectivity index (χ2n) is 6.26. The topological polar surface area (TPSA) is 29.3 Å². The van der Waals surface area contributed by atoms with Crippen molar-refractivity contribution in [1.29, 1.82) is 0 Å². The zero-order valence-electron chi connectivity index (χ0n) is 11.0. The number of nitrogens with zero attached hydrogens (tertiary/aromatic N) is 1. The molecule has 94 valence electrons. The van der Waals surface area contributed by atoms with Crippen molar-refractivity contribution in [1.82, 2.24) is 4.90 Å². The van der Waals surface area contributed by atoms with E-state index in [9.17, 15) is 0 Å². The summed E-state index contributed by atoms with van der Waals surface area (Å²) in [6, 6.07) is 0. The Morgan fingerprint density at radius 2 is 1.94 bits per heavy atom. The lowest BCUT2D eigenvalue weighted by Crippen LogP contribution is -2.49. The Labute approximate surface area is 101 Å². The summed E-state index contributed by atoms with van der Waals surface area (Å²) >= 11 is 0. The molecule has 2 heteroatoms. The van der Waals surface area contributed by atoms with Gasteiger partial charge in [0.05, 0.1) is 0 Å². The summed E-state index contributed by atoms with van der Waals surface area (Å²) in [5.41, 5.74) is 6.50.